The first-order valence-electron chi connectivity index (χ1n) is 6.06. The second-order valence-corrected chi connectivity index (χ2v) is 5.00. The lowest BCUT2D eigenvalue weighted by Crippen LogP contribution is -2.45. The van der Waals surface area contributed by atoms with Crippen LogP contribution in [0.3, 0.4) is 0 Å². The van der Waals surface area contributed by atoms with Gasteiger partial charge in [-0.05, 0) is 37.5 Å². The molecule has 4 rings (SSSR count). The topological polar surface area (TPSA) is 42.2 Å². The molecule has 1 saturated heterocycles. The second-order valence-electron chi connectivity index (χ2n) is 5.00. The Morgan fingerprint density at radius 3 is 2.00 bits per heavy atom. The summed E-state index contributed by atoms with van der Waals surface area (Å²) in [6, 6.07) is 2.15. The quantitative estimate of drug-likeness (QED) is 0.697. The molecule has 2 bridgehead atoms. The molecule has 1 heterocycles. The van der Waals surface area contributed by atoms with Crippen LogP contribution in [0.5, 0.6) is 0 Å². The van der Waals surface area contributed by atoms with Crippen molar-refractivity contribution in [1.29, 1.82) is 5.26 Å². The van der Waals surface area contributed by atoms with Crippen molar-refractivity contribution in [2.45, 2.75) is 57.0 Å². The van der Waals surface area contributed by atoms with E-state index in [9.17, 15) is 0 Å². The van der Waals surface area contributed by atoms with Crippen molar-refractivity contribution in [3.8, 4) is 6.07 Å². The van der Waals surface area contributed by atoms with E-state index in [1.165, 1.54) is 25.7 Å². The summed E-state index contributed by atoms with van der Waals surface area (Å²) >= 11 is 0. The molecular formula is C12H17NO2. The fraction of sp³-hybridized carbons (Fsp3) is 0.917. The second kappa shape index (κ2) is 3.77. The minimum Gasteiger partial charge on any atom is -0.346 e. The highest BCUT2D eigenvalue weighted by molar-refractivity contribution is 4.97. The van der Waals surface area contributed by atoms with Crippen LogP contribution in [0.1, 0.15) is 38.5 Å². The van der Waals surface area contributed by atoms with E-state index < -0.39 is 0 Å². The molecule has 4 fully saturated rings. The number of rotatable bonds is 2. The number of hydrogen-bond donors (Lipinski definition) is 0. The molecule has 3 aliphatic carbocycles. The maximum absolute atomic E-state index is 8.54. The average Bonchev–Trinajstić information content (AvgIpc) is 2.73. The van der Waals surface area contributed by atoms with Gasteiger partial charge in [-0.2, -0.15) is 5.26 Å². The standard InChI is InChI=1S/C12H17NO2/c13-7-1-2-10-14-11-8-3-4-9(6-5-8)12(11)15-10/h8-12H,1-6H2. The number of ether oxygens (including phenoxy) is 2. The van der Waals surface area contributed by atoms with Crippen LogP contribution >= 0.6 is 0 Å². The zero-order chi connectivity index (χ0) is 10.3. The van der Waals surface area contributed by atoms with Crippen molar-refractivity contribution < 1.29 is 9.47 Å². The van der Waals surface area contributed by atoms with Gasteiger partial charge in [-0.25, -0.2) is 0 Å². The first-order valence-corrected chi connectivity index (χ1v) is 6.06. The normalized spacial score (nSPS) is 47.5. The largest absolute Gasteiger partial charge is 0.346 e. The minimum atomic E-state index is -0.0964. The van der Waals surface area contributed by atoms with Gasteiger partial charge in [0.05, 0.1) is 18.3 Å². The molecule has 15 heavy (non-hydrogen) atoms. The SMILES string of the molecule is N#CCCC1OC2C3CCC(CC3)C2O1. The third-order valence-corrected chi connectivity index (χ3v) is 4.18. The van der Waals surface area contributed by atoms with Crippen molar-refractivity contribution >= 4 is 0 Å². The van der Waals surface area contributed by atoms with Crippen LogP contribution in [-0.2, 0) is 9.47 Å². The van der Waals surface area contributed by atoms with E-state index in [4.69, 9.17) is 14.7 Å². The summed E-state index contributed by atoms with van der Waals surface area (Å²) in [6.07, 6.45) is 7.16. The van der Waals surface area contributed by atoms with Crippen LogP contribution in [0, 0.1) is 23.2 Å². The molecule has 82 valence electrons. The maximum atomic E-state index is 8.54. The van der Waals surface area contributed by atoms with E-state index in [0.717, 1.165) is 18.3 Å². The lowest BCUT2D eigenvalue weighted by Gasteiger charge is -2.43. The smallest absolute Gasteiger partial charge is 0.159 e. The third kappa shape index (κ3) is 1.56. The highest BCUT2D eigenvalue weighted by Gasteiger charge is 2.50. The predicted molar refractivity (Wildman–Crippen MR) is 53.8 cm³/mol. The molecule has 0 radical (unpaired) electrons. The molecule has 0 aromatic rings. The van der Waals surface area contributed by atoms with Crippen LogP contribution in [0.4, 0.5) is 0 Å². The van der Waals surface area contributed by atoms with E-state index in [1.807, 2.05) is 0 Å². The Morgan fingerprint density at radius 1 is 1.00 bits per heavy atom. The Labute approximate surface area is 90.4 Å². The Morgan fingerprint density at radius 2 is 1.53 bits per heavy atom. The van der Waals surface area contributed by atoms with Crippen molar-refractivity contribution in [2.24, 2.45) is 11.8 Å². The number of nitriles is 1. The predicted octanol–water partition coefficient (Wildman–Crippen LogP) is 2.22. The van der Waals surface area contributed by atoms with Crippen LogP contribution in [-0.4, -0.2) is 18.5 Å². The summed E-state index contributed by atoms with van der Waals surface area (Å²) in [5, 5.41) is 8.54. The highest BCUT2D eigenvalue weighted by Crippen LogP contribution is 2.48. The summed E-state index contributed by atoms with van der Waals surface area (Å²) in [5.74, 6) is 1.46. The summed E-state index contributed by atoms with van der Waals surface area (Å²) in [7, 11) is 0. The Kier molecular flexibility index (Phi) is 2.42. The summed E-state index contributed by atoms with van der Waals surface area (Å²) < 4.78 is 11.9. The van der Waals surface area contributed by atoms with Gasteiger partial charge in [0.2, 0.25) is 0 Å². The van der Waals surface area contributed by atoms with Crippen molar-refractivity contribution in [3.05, 3.63) is 0 Å². The monoisotopic (exact) mass is 207 g/mol. The number of nitrogens with zero attached hydrogens (tertiary/aromatic N) is 1. The Balaban J connectivity index is 1.66. The van der Waals surface area contributed by atoms with Crippen LogP contribution in [0.15, 0.2) is 0 Å². The van der Waals surface area contributed by atoms with Gasteiger partial charge in [0.1, 0.15) is 0 Å². The third-order valence-electron chi connectivity index (χ3n) is 4.18. The van der Waals surface area contributed by atoms with Gasteiger partial charge in [-0.3, -0.25) is 0 Å². The van der Waals surface area contributed by atoms with Gasteiger partial charge < -0.3 is 9.47 Å². The highest BCUT2D eigenvalue weighted by atomic mass is 16.7. The molecular weight excluding hydrogens is 190 g/mol. The summed E-state index contributed by atoms with van der Waals surface area (Å²) in [6.45, 7) is 0. The molecule has 2 unspecified atom stereocenters. The molecule has 4 aliphatic rings. The van der Waals surface area contributed by atoms with E-state index in [-0.39, 0.29) is 6.29 Å². The number of hydrogen-bond acceptors (Lipinski definition) is 3. The molecule has 0 N–H and O–H groups in total. The van der Waals surface area contributed by atoms with Crippen LogP contribution in [0.25, 0.3) is 0 Å². The van der Waals surface area contributed by atoms with Crippen LogP contribution in [0.2, 0.25) is 0 Å². The zero-order valence-corrected chi connectivity index (χ0v) is 8.89. The molecule has 3 nitrogen and oxygen atoms in total. The van der Waals surface area contributed by atoms with Gasteiger partial charge in [-0.1, -0.05) is 0 Å². The lowest BCUT2D eigenvalue weighted by molar-refractivity contribution is -0.0730. The van der Waals surface area contributed by atoms with Gasteiger partial charge >= 0.3 is 0 Å². The minimum absolute atomic E-state index is 0.0964. The van der Waals surface area contributed by atoms with Crippen molar-refractivity contribution in [1.82, 2.24) is 0 Å². The molecule has 3 heteroatoms. The fourth-order valence-electron chi connectivity index (χ4n) is 3.42. The van der Waals surface area contributed by atoms with Gasteiger partial charge in [0.15, 0.2) is 6.29 Å². The van der Waals surface area contributed by atoms with E-state index >= 15 is 0 Å². The molecule has 2 atom stereocenters. The van der Waals surface area contributed by atoms with Crippen molar-refractivity contribution in [3.63, 3.8) is 0 Å². The molecule has 3 saturated carbocycles. The molecule has 0 aromatic heterocycles. The maximum Gasteiger partial charge on any atom is 0.159 e. The zero-order valence-electron chi connectivity index (χ0n) is 8.89. The fourth-order valence-corrected chi connectivity index (χ4v) is 3.42. The molecule has 0 spiro atoms. The summed E-state index contributed by atoms with van der Waals surface area (Å²) in [5.41, 5.74) is 0. The molecule has 0 amide bonds. The molecule has 0 aromatic carbocycles. The molecule has 1 aliphatic heterocycles. The van der Waals surface area contributed by atoms with Crippen molar-refractivity contribution in [2.75, 3.05) is 0 Å². The average molecular weight is 207 g/mol. The van der Waals surface area contributed by atoms with E-state index in [2.05, 4.69) is 6.07 Å². The lowest BCUT2D eigenvalue weighted by atomic mass is 9.67. The first kappa shape index (κ1) is 9.62. The van der Waals surface area contributed by atoms with Gasteiger partial charge in [-0.15, -0.1) is 0 Å². The van der Waals surface area contributed by atoms with Crippen LogP contribution < -0.4 is 0 Å². The number of fused-ring (bicyclic) bond motifs is 2. The first-order chi connectivity index (χ1) is 7.38. The van der Waals surface area contributed by atoms with E-state index in [1.54, 1.807) is 0 Å². The van der Waals surface area contributed by atoms with E-state index in [0.29, 0.717) is 18.6 Å². The van der Waals surface area contributed by atoms with Gasteiger partial charge in [0, 0.05) is 12.8 Å². The summed E-state index contributed by atoms with van der Waals surface area (Å²) in [4.78, 5) is 0. The Hall–Kier alpha value is -0.590. The Bertz CT molecular complexity index is 258. The van der Waals surface area contributed by atoms with Gasteiger partial charge in [0.25, 0.3) is 0 Å².